The lowest BCUT2D eigenvalue weighted by molar-refractivity contribution is -0.141. The van der Waals surface area contributed by atoms with Gasteiger partial charge in [-0.05, 0) is 44.0 Å². The first-order valence-corrected chi connectivity index (χ1v) is 9.31. The average molecular weight is 398 g/mol. The Morgan fingerprint density at radius 1 is 1.19 bits per heavy atom. The summed E-state index contributed by atoms with van der Waals surface area (Å²) in [6, 6.07) is 7.38. The molecule has 1 N–H and O–H groups in total. The number of hydrogen-bond acceptors (Lipinski definition) is 5. The van der Waals surface area contributed by atoms with E-state index in [0.29, 0.717) is 32.0 Å². The predicted octanol–water partition coefficient (Wildman–Crippen LogP) is 1.31. The fourth-order valence-electron chi connectivity index (χ4n) is 3.48. The Bertz CT molecular complexity index is 626. The fourth-order valence-corrected chi connectivity index (χ4v) is 3.48. The summed E-state index contributed by atoms with van der Waals surface area (Å²) in [6.45, 7) is 5.81. The molecule has 0 aromatic heterocycles. The Kier molecular flexibility index (Phi) is 8.19. The highest BCUT2D eigenvalue weighted by Gasteiger charge is 2.31. The van der Waals surface area contributed by atoms with Crippen LogP contribution in [-0.4, -0.2) is 73.6 Å². The highest BCUT2D eigenvalue weighted by molar-refractivity contribution is 5.85. The third kappa shape index (κ3) is 5.74. The Balaban J connectivity index is 0.00000261. The third-order valence-electron chi connectivity index (χ3n) is 4.81. The number of rotatable bonds is 6. The molecule has 0 saturated carbocycles. The minimum atomic E-state index is -0.0360. The number of likely N-dealkylation sites (tertiary alicyclic amines) is 1. The molecular weight excluding hydrogens is 370 g/mol. The Morgan fingerprint density at radius 3 is 2.56 bits per heavy atom. The molecule has 150 valence electrons. The van der Waals surface area contributed by atoms with Crippen molar-refractivity contribution in [3.05, 3.63) is 24.3 Å². The second kappa shape index (κ2) is 10.4. The zero-order chi connectivity index (χ0) is 18.4. The van der Waals surface area contributed by atoms with Crippen LogP contribution in [0, 0.1) is 0 Å². The fraction of sp³-hybridized carbons (Fsp3) is 0.579. The van der Waals surface area contributed by atoms with Crippen molar-refractivity contribution in [2.24, 2.45) is 0 Å². The van der Waals surface area contributed by atoms with Crippen molar-refractivity contribution in [3.63, 3.8) is 0 Å². The minimum Gasteiger partial charge on any atom is -0.494 e. The van der Waals surface area contributed by atoms with Crippen LogP contribution in [0.1, 0.15) is 19.8 Å². The Labute approximate surface area is 166 Å². The predicted molar refractivity (Wildman–Crippen MR) is 105 cm³/mol. The van der Waals surface area contributed by atoms with Crippen LogP contribution in [0.2, 0.25) is 0 Å². The topological polar surface area (TPSA) is 71.1 Å². The van der Waals surface area contributed by atoms with Crippen molar-refractivity contribution in [1.29, 1.82) is 0 Å². The lowest BCUT2D eigenvalue weighted by Crippen LogP contribution is -2.57. The first-order valence-electron chi connectivity index (χ1n) is 9.31. The van der Waals surface area contributed by atoms with Gasteiger partial charge in [-0.3, -0.25) is 9.59 Å². The van der Waals surface area contributed by atoms with Crippen molar-refractivity contribution in [1.82, 2.24) is 15.1 Å². The van der Waals surface area contributed by atoms with Gasteiger partial charge in [0.25, 0.3) is 5.91 Å². The molecule has 0 aliphatic carbocycles. The molecule has 0 bridgehead atoms. The second-order valence-electron chi connectivity index (χ2n) is 6.59. The average Bonchev–Trinajstić information content (AvgIpc) is 2.68. The summed E-state index contributed by atoms with van der Waals surface area (Å²) >= 11 is 0. The van der Waals surface area contributed by atoms with Crippen molar-refractivity contribution >= 4 is 24.2 Å². The monoisotopic (exact) mass is 397 g/mol. The number of hydrogen-bond donors (Lipinski definition) is 1. The first kappa shape index (κ1) is 21.3. The van der Waals surface area contributed by atoms with Crippen LogP contribution >= 0.6 is 12.4 Å². The van der Waals surface area contributed by atoms with Crippen LogP contribution in [-0.2, 0) is 9.59 Å². The van der Waals surface area contributed by atoms with Gasteiger partial charge in [0.1, 0.15) is 11.5 Å². The summed E-state index contributed by atoms with van der Waals surface area (Å²) in [6.07, 6.45) is 1.87. The highest BCUT2D eigenvalue weighted by Crippen LogP contribution is 2.19. The molecular formula is C19H28ClN3O4. The number of ether oxygens (including phenoxy) is 2. The summed E-state index contributed by atoms with van der Waals surface area (Å²) in [5.41, 5.74) is 0. The number of piperidine rings is 1. The van der Waals surface area contributed by atoms with Crippen molar-refractivity contribution in [3.8, 4) is 11.5 Å². The molecule has 2 saturated heterocycles. The van der Waals surface area contributed by atoms with Crippen LogP contribution in [0.15, 0.2) is 24.3 Å². The molecule has 2 aliphatic heterocycles. The zero-order valence-electron chi connectivity index (χ0n) is 15.7. The minimum absolute atomic E-state index is 0. The van der Waals surface area contributed by atoms with Gasteiger partial charge in [0, 0.05) is 32.2 Å². The van der Waals surface area contributed by atoms with Gasteiger partial charge in [0.15, 0.2) is 6.61 Å². The van der Waals surface area contributed by atoms with E-state index in [2.05, 4.69) is 5.32 Å². The molecule has 3 rings (SSSR count). The second-order valence-corrected chi connectivity index (χ2v) is 6.59. The summed E-state index contributed by atoms with van der Waals surface area (Å²) < 4.78 is 11.0. The van der Waals surface area contributed by atoms with Gasteiger partial charge in [-0.2, -0.15) is 0 Å². The number of benzene rings is 1. The van der Waals surface area contributed by atoms with Crippen molar-refractivity contribution < 1.29 is 19.1 Å². The number of nitrogens with zero attached hydrogens (tertiary/aromatic N) is 2. The van der Waals surface area contributed by atoms with Crippen LogP contribution in [0.3, 0.4) is 0 Å². The highest BCUT2D eigenvalue weighted by atomic mass is 35.5. The van der Waals surface area contributed by atoms with Gasteiger partial charge in [-0.1, -0.05) is 0 Å². The zero-order valence-corrected chi connectivity index (χ0v) is 16.5. The molecule has 27 heavy (non-hydrogen) atoms. The van der Waals surface area contributed by atoms with Crippen molar-refractivity contribution in [2.45, 2.75) is 25.8 Å². The molecule has 0 radical (unpaired) electrons. The van der Waals surface area contributed by atoms with Gasteiger partial charge < -0.3 is 24.6 Å². The maximum atomic E-state index is 12.5. The maximum Gasteiger partial charge on any atom is 0.260 e. The first-order chi connectivity index (χ1) is 12.7. The summed E-state index contributed by atoms with van der Waals surface area (Å²) in [7, 11) is 0. The molecule has 1 aromatic carbocycles. The number of carbonyl (C=O) groups is 2. The summed E-state index contributed by atoms with van der Waals surface area (Å²) in [4.78, 5) is 28.3. The Morgan fingerprint density at radius 2 is 1.89 bits per heavy atom. The van der Waals surface area contributed by atoms with Crippen LogP contribution in [0.25, 0.3) is 0 Å². The van der Waals surface area contributed by atoms with E-state index >= 15 is 0 Å². The van der Waals surface area contributed by atoms with E-state index in [1.165, 1.54) is 0 Å². The molecule has 2 fully saturated rings. The standard InChI is InChI=1S/C19H27N3O4.ClH/c1-2-25-16-5-7-17(8-6-16)26-14-19(24)21-10-3-4-15(13-21)22-11-9-20-12-18(22)23;/h5-8,15,20H,2-4,9-14H2,1H3;1H. The molecule has 8 heteroatoms. The molecule has 7 nitrogen and oxygen atoms in total. The summed E-state index contributed by atoms with van der Waals surface area (Å²) in [5, 5.41) is 3.09. The number of piperazine rings is 1. The molecule has 2 aliphatic rings. The van der Waals surface area contributed by atoms with Gasteiger partial charge in [0.05, 0.1) is 13.2 Å². The van der Waals surface area contributed by atoms with Crippen LogP contribution < -0.4 is 14.8 Å². The van der Waals surface area contributed by atoms with E-state index in [9.17, 15) is 9.59 Å². The normalized spacial score (nSPS) is 20.0. The van der Waals surface area contributed by atoms with E-state index in [1.807, 2.05) is 28.9 Å². The maximum absolute atomic E-state index is 12.5. The molecule has 2 amide bonds. The van der Waals surface area contributed by atoms with Gasteiger partial charge in [0.2, 0.25) is 5.91 Å². The van der Waals surface area contributed by atoms with Gasteiger partial charge >= 0.3 is 0 Å². The molecule has 1 atom stereocenters. The summed E-state index contributed by atoms with van der Waals surface area (Å²) in [5.74, 6) is 1.52. The van der Waals surface area contributed by atoms with E-state index in [4.69, 9.17) is 9.47 Å². The van der Waals surface area contributed by atoms with Crippen molar-refractivity contribution in [2.75, 3.05) is 45.9 Å². The largest absolute Gasteiger partial charge is 0.494 e. The van der Waals surface area contributed by atoms with Crippen LogP contribution in [0.5, 0.6) is 11.5 Å². The van der Waals surface area contributed by atoms with E-state index in [0.717, 1.165) is 31.7 Å². The molecule has 1 unspecified atom stereocenters. The van der Waals surface area contributed by atoms with Gasteiger partial charge in [-0.25, -0.2) is 0 Å². The molecule has 0 spiro atoms. The SMILES string of the molecule is CCOc1ccc(OCC(=O)N2CCCC(N3CCNCC3=O)C2)cc1.Cl. The molecule has 2 heterocycles. The number of halogens is 1. The lowest BCUT2D eigenvalue weighted by atomic mass is 10.0. The molecule has 1 aromatic rings. The quantitative estimate of drug-likeness (QED) is 0.783. The van der Waals surface area contributed by atoms with Crippen LogP contribution in [0.4, 0.5) is 0 Å². The Hall–Kier alpha value is -1.99. The number of amides is 2. The third-order valence-corrected chi connectivity index (χ3v) is 4.81. The number of nitrogens with one attached hydrogen (secondary N) is 1. The lowest BCUT2D eigenvalue weighted by Gasteiger charge is -2.41. The van der Waals surface area contributed by atoms with E-state index in [1.54, 1.807) is 12.1 Å². The smallest absolute Gasteiger partial charge is 0.260 e. The van der Waals surface area contributed by atoms with E-state index < -0.39 is 0 Å². The van der Waals surface area contributed by atoms with Gasteiger partial charge in [-0.15, -0.1) is 12.4 Å². The van der Waals surface area contributed by atoms with E-state index in [-0.39, 0.29) is 36.9 Å². The number of carbonyl (C=O) groups excluding carboxylic acids is 2.